The first-order valence-electron chi connectivity index (χ1n) is 3.15. The molecule has 0 spiro atoms. The zero-order valence-electron chi connectivity index (χ0n) is 6.35. The van der Waals surface area contributed by atoms with Crippen LogP contribution in [0.15, 0.2) is 15.4 Å². The molecule has 0 unspecified atom stereocenters. The smallest absolute Gasteiger partial charge is 0.210 e. The molecule has 0 bridgehead atoms. The van der Waals surface area contributed by atoms with Crippen molar-refractivity contribution in [1.82, 2.24) is 0 Å². The van der Waals surface area contributed by atoms with Crippen molar-refractivity contribution in [3.8, 4) is 0 Å². The van der Waals surface area contributed by atoms with Crippen molar-refractivity contribution < 1.29 is 22.4 Å². The Morgan fingerprint density at radius 1 is 1.14 bits per heavy atom. The van der Waals surface area contributed by atoms with E-state index in [9.17, 15) is 22.4 Å². The van der Waals surface area contributed by atoms with E-state index in [1.165, 1.54) is 0 Å². The van der Waals surface area contributed by atoms with Crippen molar-refractivity contribution in [2.75, 3.05) is 0 Å². The van der Waals surface area contributed by atoms with Gasteiger partial charge in [-0.2, -0.15) is 0 Å². The molecule has 0 aliphatic rings. The lowest BCUT2D eigenvalue weighted by molar-refractivity contribution is 0.398. The van der Waals surface area contributed by atoms with Crippen LogP contribution in [0.4, 0.5) is 17.6 Å². The Morgan fingerprint density at radius 3 is 2.36 bits per heavy atom. The minimum Gasteiger partial charge on any atom is -0.210 e. The lowest BCUT2D eigenvalue weighted by Gasteiger charge is -2.00. The molecule has 0 saturated heterocycles. The molecule has 0 heterocycles. The van der Waals surface area contributed by atoms with Crippen molar-refractivity contribution in [3.63, 3.8) is 0 Å². The lowest BCUT2D eigenvalue weighted by Crippen LogP contribution is -1.96. The van der Waals surface area contributed by atoms with Gasteiger partial charge in [0.2, 0.25) is 6.08 Å². The van der Waals surface area contributed by atoms with Crippen LogP contribution in [0.3, 0.4) is 0 Å². The molecule has 0 saturated carbocycles. The number of benzene rings is 1. The van der Waals surface area contributed by atoms with E-state index in [0.29, 0.717) is 6.07 Å². The Hall–Kier alpha value is -1.33. The Morgan fingerprint density at radius 2 is 1.79 bits per heavy atom. The number of nitrogens with zero attached hydrogens (tertiary/aromatic N) is 1. The van der Waals surface area contributed by atoms with Gasteiger partial charge in [0, 0.05) is 11.9 Å². The molecule has 0 aliphatic heterocycles. The van der Waals surface area contributed by atoms with E-state index < -0.39 is 28.2 Å². The van der Waals surface area contributed by atoms with Crippen molar-refractivity contribution in [3.05, 3.63) is 29.3 Å². The molecule has 74 valence electrons. The van der Waals surface area contributed by atoms with Crippen LogP contribution in [0.2, 0.25) is 0 Å². The SMILES string of the molecule is O=C=NSc1cc(F)c(F)c(F)c1F. The van der Waals surface area contributed by atoms with Gasteiger partial charge in [-0.15, -0.1) is 4.40 Å². The Labute approximate surface area is 79.8 Å². The van der Waals surface area contributed by atoms with Crippen LogP contribution in [0.5, 0.6) is 0 Å². The molecule has 1 rings (SSSR count). The van der Waals surface area contributed by atoms with Crippen LogP contribution in [0.1, 0.15) is 0 Å². The van der Waals surface area contributed by atoms with E-state index >= 15 is 0 Å². The average Bonchev–Trinajstić information content (AvgIpc) is 2.18. The molecule has 14 heavy (non-hydrogen) atoms. The highest BCUT2D eigenvalue weighted by Crippen LogP contribution is 2.27. The van der Waals surface area contributed by atoms with Gasteiger partial charge >= 0.3 is 0 Å². The number of hydrogen-bond acceptors (Lipinski definition) is 3. The zero-order valence-corrected chi connectivity index (χ0v) is 7.17. The maximum absolute atomic E-state index is 12.8. The normalized spacial score (nSPS) is 9.71. The molecule has 7 heteroatoms. The van der Waals surface area contributed by atoms with Crippen molar-refractivity contribution in [2.45, 2.75) is 4.90 Å². The number of halogens is 4. The third-order valence-corrected chi connectivity index (χ3v) is 1.91. The standard InChI is InChI=1S/C7HF4NOS/c8-3-1-4(14-12-2-13)6(10)7(11)5(3)9/h1H. The van der Waals surface area contributed by atoms with E-state index in [0.717, 1.165) is 6.08 Å². The molecule has 1 aromatic carbocycles. The average molecular weight is 223 g/mol. The topological polar surface area (TPSA) is 29.4 Å². The highest BCUT2D eigenvalue weighted by atomic mass is 32.2. The van der Waals surface area contributed by atoms with E-state index in [2.05, 4.69) is 4.40 Å². The summed E-state index contributed by atoms with van der Waals surface area (Å²) < 4.78 is 53.0. The molecule has 0 amide bonds. The zero-order chi connectivity index (χ0) is 10.7. The van der Waals surface area contributed by atoms with Gasteiger partial charge in [0.25, 0.3) is 0 Å². The summed E-state index contributed by atoms with van der Waals surface area (Å²) >= 11 is 0.164. The fraction of sp³-hybridized carbons (Fsp3) is 0. The third-order valence-electron chi connectivity index (χ3n) is 1.25. The van der Waals surface area contributed by atoms with Gasteiger partial charge in [-0.05, 0) is 6.07 Å². The Kier molecular flexibility index (Phi) is 3.27. The summed E-state index contributed by atoms with van der Waals surface area (Å²) in [4.78, 5) is 9.01. The van der Waals surface area contributed by atoms with Gasteiger partial charge < -0.3 is 0 Å². The predicted octanol–water partition coefficient (Wildman–Crippen LogP) is 2.59. The summed E-state index contributed by atoms with van der Waals surface area (Å²) in [7, 11) is 0. The minimum absolute atomic E-state index is 0.164. The van der Waals surface area contributed by atoms with Crippen molar-refractivity contribution in [1.29, 1.82) is 0 Å². The van der Waals surface area contributed by atoms with Gasteiger partial charge in [0.15, 0.2) is 23.3 Å². The molecule has 0 aliphatic carbocycles. The van der Waals surface area contributed by atoms with Crippen molar-refractivity contribution in [2.24, 2.45) is 4.40 Å². The van der Waals surface area contributed by atoms with E-state index in [-0.39, 0.29) is 11.9 Å². The van der Waals surface area contributed by atoms with E-state index in [1.807, 2.05) is 0 Å². The lowest BCUT2D eigenvalue weighted by atomic mass is 10.3. The third kappa shape index (κ3) is 1.94. The van der Waals surface area contributed by atoms with Crippen LogP contribution in [-0.2, 0) is 4.79 Å². The molecular formula is C7HF4NOS. The van der Waals surface area contributed by atoms with Gasteiger partial charge in [-0.3, -0.25) is 0 Å². The quantitative estimate of drug-likeness (QED) is 0.192. The molecule has 0 atom stereocenters. The summed E-state index contributed by atoms with van der Waals surface area (Å²) in [6.45, 7) is 0. The summed E-state index contributed by atoms with van der Waals surface area (Å²) in [5.74, 6) is -6.98. The predicted molar refractivity (Wildman–Crippen MR) is 40.3 cm³/mol. The largest absolute Gasteiger partial charge is 0.247 e. The minimum atomic E-state index is -1.94. The molecule has 1 aromatic rings. The van der Waals surface area contributed by atoms with Crippen LogP contribution < -0.4 is 0 Å². The van der Waals surface area contributed by atoms with Crippen LogP contribution in [0, 0.1) is 23.3 Å². The molecule has 0 fully saturated rings. The molecular weight excluding hydrogens is 222 g/mol. The van der Waals surface area contributed by atoms with Crippen LogP contribution in [0.25, 0.3) is 0 Å². The van der Waals surface area contributed by atoms with E-state index in [1.54, 1.807) is 0 Å². The van der Waals surface area contributed by atoms with Crippen LogP contribution in [-0.4, -0.2) is 6.08 Å². The number of carbonyl (C=O) groups excluding carboxylic acids is 1. The highest BCUT2D eigenvalue weighted by molar-refractivity contribution is 7.98. The molecule has 0 radical (unpaired) electrons. The Balaban J connectivity index is 3.25. The second kappa shape index (κ2) is 4.26. The van der Waals surface area contributed by atoms with Gasteiger partial charge in [-0.1, -0.05) is 0 Å². The summed E-state index contributed by atoms with van der Waals surface area (Å²) in [6, 6.07) is 0.402. The molecule has 0 aromatic heterocycles. The highest BCUT2D eigenvalue weighted by Gasteiger charge is 2.18. The van der Waals surface area contributed by atoms with Gasteiger partial charge in [-0.25, -0.2) is 22.4 Å². The number of hydrogen-bond donors (Lipinski definition) is 0. The van der Waals surface area contributed by atoms with Crippen molar-refractivity contribution >= 4 is 18.0 Å². The summed E-state index contributed by atoms with van der Waals surface area (Å²) in [5.41, 5.74) is 0. The maximum Gasteiger partial charge on any atom is 0.247 e. The fourth-order valence-corrected chi connectivity index (χ4v) is 1.15. The van der Waals surface area contributed by atoms with E-state index in [4.69, 9.17) is 0 Å². The fourth-order valence-electron chi connectivity index (χ4n) is 0.685. The first kappa shape index (κ1) is 10.7. The second-order valence-corrected chi connectivity index (χ2v) is 2.88. The van der Waals surface area contributed by atoms with Gasteiger partial charge in [0.1, 0.15) is 0 Å². The van der Waals surface area contributed by atoms with Crippen LogP contribution >= 0.6 is 11.9 Å². The monoisotopic (exact) mass is 223 g/mol. The molecule has 0 N–H and O–H groups in total. The first-order chi connectivity index (χ1) is 6.57. The van der Waals surface area contributed by atoms with Gasteiger partial charge in [0.05, 0.1) is 4.90 Å². The molecule has 2 nitrogen and oxygen atoms in total. The first-order valence-corrected chi connectivity index (χ1v) is 3.92. The Bertz CT molecular complexity index is 417. The summed E-state index contributed by atoms with van der Waals surface area (Å²) in [5, 5.41) is 0. The number of rotatable bonds is 2. The number of isocyanates is 1. The second-order valence-electron chi connectivity index (χ2n) is 2.07. The summed E-state index contributed by atoms with van der Waals surface area (Å²) in [6.07, 6.45) is 1.03. The maximum atomic E-state index is 12.8.